The minimum Gasteiger partial charge on any atom is -0.419 e. The minimum absolute atomic E-state index is 0.0472. The van der Waals surface area contributed by atoms with Crippen molar-refractivity contribution in [2.24, 2.45) is 0 Å². The topological polar surface area (TPSA) is 52.6 Å². The third-order valence-corrected chi connectivity index (χ3v) is 5.46. The monoisotopic (exact) mass is 358 g/mol. The van der Waals surface area contributed by atoms with Gasteiger partial charge in [-0.05, 0) is 52.1 Å². The van der Waals surface area contributed by atoms with Crippen molar-refractivity contribution in [3.8, 4) is 0 Å². The molecule has 1 saturated carbocycles. The molecule has 2 aliphatic rings. The van der Waals surface area contributed by atoms with Crippen molar-refractivity contribution in [1.82, 2.24) is 0 Å². The Morgan fingerprint density at radius 2 is 1.30 bits per heavy atom. The Kier molecular flexibility index (Phi) is 3.54. The van der Waals surface area contributed by atoms with Crippen LogP contribution in [-0.4, -0.2) is 17.7 Å². The van der Waals surface area contributed by atoms with Gasteiger partial charge in [-0.2, -0.15) is 0 Å². The molecule has 4 heteroatoms. The summed E-state index contributed by atoms with van der Waals surface area (Å²) < 4.78 is 11.1. The van der Waals surface area contributed by atoms with Gasteiger partial charge in [-0.25, -0.2) is 9.59 Å². The van der Waals surface area contributed by atoms with Crippen LogP contribution in [0.1, 0.15) is 31.2 Å². The summed E-state index contributed by atoms with van der Waals surface area (Å²) in [7, 11) is 0. The molecule has 3 aromatic carbocycles. The lowest BCUT2D eigenvalue weighted by molar-refractivity contribution is -0.232. The summed E-state index contributed by atoms with van der Waals surface area (Å²) in [5.74, 6) is -2.23. The van der Waals surface area contributed by atoms with Crippen LogP contribution in [0.4, 0.5) is 0 Å². The largest absolute Gasteiger partial charge is 0.419 e. The van der Waals surface area contributed by atoms with E-state index in [1.165, 1.54) is 0 Å². The smallest absolute Gasteiger partial charge is 0.348 e. The minimum atomic E-state index is -1.05. The van der Waals surface area contributed by atoms with Crippen LogP contribution in [-0.2, 0) is 19.1 Å². The molecule has 27 heavy (non-hydrogen) atoms. The van der Waals surface area contributed by atoms with Crippen molar-refractivity contribution in [2.75, 3.05) is 0 Å². The molecule has 0 bridgehead atoms. The lowest BCUT2D eigenvalue weighted by Crippen LogP contribution is -2.44. The molecule has 3 aromatic rings. The molecular formula is C23H18O4. The van der Waals surface area contributed by atoms with Gasteiger partial charge in [0, 0.05) is 12.8 Å². The van der Waals surface area contributed by atoms with Gasteiger partial charge in [0.05, 0.1) is 0 Å². The molecule has 0 unspecified atom stereocenters. The van der Waals surface area contributed by atoms with E-state index in [2.05, 4.69) is 6.07 Å². The molecule has 0 aromatic heterocycles. The zero-order chi connectivity index (χ0) is 18.4. The summed E-state index contributed by atoms with van der Waals surface area (Å²) in [6.07, 6.45) is 4.57. The Hall–Kier alpha value is -3.14. The van der Waals surface area contributed by atoms with Crippen molar-refractivity contribution in [1.29, 1.82) is 0 Å². The highest BCUT2D eigenvalue weighted by molar-refractivity contribution is 6.21. The van der Waals surface area contributed by atoms with Crippen molar-refractivity contribution in [3.05, 3.63) is 65.7 Å². The van der Waals surface area contributed by atoms with Crippen LogP contribution in [0, 0.1) is 0 Å². The molecular weight excluding hydrogens is 340 g/mol. The van der Waals surface area contributed by atoms with Crippen LogP contribution < -0.4 is 0 Å². The Morgan fingerprint density at radius 3 is 1.85 bits per heavy atom. The van der Waals surface area contributed by atoms with Crippen molar-refractivity contribution < 1.29 is 19.1 Å². The predicted molar refractivity (Wildman–Crippen MR) is 103 cm³/mol. The second-order valence-corrected chi connectivity index (χ2v) is 7.19. The number of ether oxygens (including phenoxy) is 2. The third-order valence-electron chi connectivity index (χ3n) is 5.46. The summed E-state index contributed by atoms with van der Waals surface area (Å²) in [5, 5.41) is 4.05. The van der Waals surface area contributed by atoms with Gasteiger partial charge in [0.1, 0.15) is 5.57 Å². The summed E-state index contributed by atoms with van der Waals surface area (Å²) in [4.78, 5) is 25.3. The van der Waals surface area contributed by atoms with Gasteiger partial charge in [0.2, 0.25) is 0 Å². The van der Waals surface area contributed by atoms with Gasteiger partial charge in [-0.15, -0.1) is 0 Å². The summed E-state index contributed by atoms with van der Waals surface area (Å²) in [6.45, 7) is 0. The lowest BCUT2D eigenvalue weighted by Gasteiger charge is -2.32. The Balaban J connectivity index is 1.69. The van der Waals surface area contributed by atoms with E-state index in [9.17, 15) is 9.59 Å². The molecule has 0 radical (unpaired) electrons. The normalized spacial score (nSPS) is 18.7. The fraction of sp³-hybridized carbons (Fsp3) is 0.217. The predicted octanol–water partition coefficient (Wildman–Crippen LogP) is 4.75. The number of carbonyl (C=O) groups is 2. The maximum Gasteiger partial charge on any atom is 0.348 e. The van der Waals surface area contributed by atoms with Gasteiger partial charge in [-0.3, -0.25) is 0 Å². The Labute approximate surface area is 156 Å². The van der Waals surface area contributed by atoms with Crippen LogP contribution in [0.25, 0.3) is 27.6 Å². The van der Waals surface area contributed by atoms with E-state index in [1.54, 1.807) is 6.08 Å². The summed E-state index contributed by atoms with van der Waals surface area (Å²) in [6, 6.07) is 18.0. The highest BCUT2D eigenvalue weighted by Crippen LogP contribution is 2.39. The maximum absolute atomic E-state index is 12.7. The maximum atomic E-state index is 12.7. The Bertz CT molecular complexity index is 1040. The first kappa shape index (κ1) is 16.1. The SMILES string of the molecule is O=C1OC2(CCCC2)OC(=O)C1=Cc1c2ccccc2cc2ccccc12. The van der Waals surface area contributed by atoms with E-state index in [1.807, 2.05) is 48.5 Å². The number of rotatable bonds is 1. The van der Waals surface area contributed by atoms with Crippen LogP contribution in [0.2, 0.25) is 0 Å². The zero-order valence-corrected chi connectivity index (χ0v) is 14.7. The number of carbonyl (C=O) groups excluding carboxylic acids is 2. The molecule has 1 spiro atoms. The first-order chi connectivity index (χ1) is 13.2. The van der Waals surface area contributed by atoms with Crippen molar-refractivity contribution in [2.45, 2.75) is 31.5 Å². The number of hydrogen-bond acceptors (Lipinski definition) is 4. The molecule has 1 aliphatic carbocycles. The molecule has 0 amide bonds. The molecule has 0 N–H and O–H groups in total. The third kappa shape index (κ3) is 2.60. The van der Waals surface area contributed by atoms with Gasteiger partial charge in [0.25, 0.3) is 5.79 Å². The molecule has 2 fully saturated rings. The molecule has 1 aliphatic heterocycles. The zero-order valence-electron chi connectivity index (χ0n) is 14.7. The number of esters is 2. The highest BCUT2D eigenvalue weighted by atomic mass is 16.7. The highest BCUT2D eigenvalue weighted by Gasteiger charge is 2.47. The van der Waals surface area contributed by atoms with E-state index in [-0.39, 0.29) is 5.57 Å². The fourth-order valence-electron chi connectivity index (χ4n) is 4.14. The average Bonchev–Trinajstić information content (AvgIpc) is 3.11. The second kappa shape index (κ2) is 5.95. The van der Waals surface area contributed by atoms with E-state index in [0.717, 1.165) is 39.9 Å². The molecule has 0 atom stereocenters. The van der Waals surface area contributed by atoms with Gasteiger partial charge in [0.15, 0.2) is 0 Å². The molecule has 1 heterocycles. The lowest BCUT2D eigenvalue weighted by atomic mass is 9.95. The number of fused-ring (bicyclic) bond motifs is 2. The van der Waals surface area contributed by atoms with Crippen LogP contribution in [0.15, 0.2) is 60.2 Å². The molecule has 1 saturated heterocycles. The number of benzene rings is 3. The van der Waals surface area contributed by atoms with E-state index < -0.39 is 17.7 Å². The van der Waals surface area contributed by atoms with Gasteiger partial charge < -0.3 is 9.47 Å². The van der Waals surface area contributed by atoms with Crippen LogP contribution >= 0.6 is 0 Å². The van der Waals surface area contributed by atoms with Crippen LogP contribution in [0.5, 0.6) is 0 Å². The standard InChI is InChI=1S/C23H18O4/c24-21-20(22(25)27-23(26-21)11-5-6-12-23)14-19-17-9-3-1-7-15(17)13-16-8-2-4-10-18(16)19/h1-4,7-10,13-14H,5-6,11-12H2. The quantitative estimate of drug-likeness (QED) is 0.273. The van der Waals surface area contributed by atoms with Gasteiger partial charge in [-0.1, -0.05) is 48.5 Å². The van der Waals surface area contributed by atoms with Crippen molar-refractivity contribution in [3.63, 3.8) is 0 Å². The average molecular weight is 358 g/mol. The van der Waals surface area contributed by atoms with E-state index in [4.69, 9.17) is 9.47 Å². The first-order valence-electron chi connectivity index (χ1n) is 9.24. The summed E-state index contributed by atoms with van der Waals surface area (Å²) in [5.41, 5.74) is 0.781. The molecule has 134 valence electrons. The number of hydrogen-bond donors (Lipinski definition) is 0. The molecule has 5 rings (SSSR count). The second-order valence-electron chi connectivity index (χ2n) is 7.19. The summed E-state index contributed by atoms with van der Waals surface area (Å²) >= 11 is 0. The Morgan fingerprint density at radius 1 is 0.778 bits per heavy atom. The van der Waals surface area contributed by atoms with Crippen molar-refractivity contribution >= 4 is 39.6 Å². The van der Waals surface area contributed by atoms with E-state index >= 15 is 0 Å². The van der Waals surface area contributed by atoms with Gasteiger partial charge >= 0.3 is 11.9 Å². The first-order valence-corrected chi connectivity index (χ1v) is 9.24. The van der Waals surface area contributed by atoms with E-state index in [0.29, 0.717) is 12.8 Å². The fourth-order valence-corrected chi connectivity index (χ4v) is 4.14. The van der Waals surface area contributed by atoms with Crippen LogP contribution in [0.3, 0.4) is 0 Å². The molecule has 4 nitrogen and oxygen atoms in total.